The first-order valence-corrected chi connectivity index (χ1v) is 10.9. The summed E-state index contributed by atoms with van der Waals surface area (Å²) in [6.07, 6.45) is 19.8. The SMILES string of the molecule is CCCCCCCC1CCC(c2ccc(CCCCC)cc2)CC1. The molecule has 1 saturated carbocycles. The first kappa shape index (κ1) is 19.5. The summed E-state index contributed by atoms with van der Waals surface area (Å²) in [4.78, 5) is 0. The molecule has 0 amide bonds. The molecule has 0 spiro atoms. The molecule has 1 aliphatic rings. The summed E-state index contributed by atoms with van der Waals surface area (Å²) in [5.41, 5.74) is 3.14. The zero-order chi connectivity index (χ0) is 17.0. The van der Waals surface area contributed by atoms with Gasteiger partial charge >= 0.3 is 0 Å². The molecule has 0 heterocycles. The Morgan fingerprint density at radius 3 is 2.00 bits per heavy atom. The third kappa shape index (κ3) is 6.99. The molecule has 136 valence electrons. The quantitative estimate of drug-likeness (QED) is 0.360. The largest absolute Gasteiger partial charge is 0.0654 e. The van der Waals surface area contributed by atoms with Crippen molar-refractivity contribution in [3.05, 3.63) is 35.4 Å². The van der Waals surface area contributed by atoms with Crippen molar-refractivity contribution >= 4 is 0 Å². The van der Waals surface area contributed by atoms with E-state index in [0.29, 0.717) is 0 Å². The van der Waals surface area contributed by atoms with E-state index < -0.39 is 0 Å². The first-order valence-electron chi connectivity index (χ1n) is 10.9. The Morgan fingerprint density at radius 1 is 0.708 bits per heavy atom. The van der Waals surface area contributed by atoms with Crippen molar-refractivity contribution < 1.29 is 0 Å². The predicted octanol–water partition coefficient (Wildman–Crippen LogP) is 8.05. The highest BCUT2D eigenvalue weighted by Crippen LogP contribution is 2.37. The van der Waals surface area contributed by atoms with E-state index in [1.165, 1.54) is 95.5 Å². The van der Waals surface area contributed by atoms with Crippen LogP contribution in [0, 0.1) is 5.92 Å². The van der Waals surface area contributed by atoms with Crippen LogP contribution in [0.4, 0.5) is 0 Å². The van der Waals surface area contributed by atoms with Crippen LogP contribution in [0.3, 0.4) is 0 Å². The van der Waals surface area contributed by atoms with Gasteiger partial charge in [0.2, 0.25) is 0 Å². The van der Waals surface area contributed by atoms with E-state index in [4.69, 9.17) is 0 Å². The van der Waals surface area contributed by atoms with E-state index in [-0.39, 0.29) is 0 Å². The summed E-state index contributed by atoms with van der Waals surface area (Å²) in [5.74, 6) is 1.86. The van der Waals surface area contributed by atoms with Gasteiger partial charge in [-0.1, -0.05) is 89.5 Å². The van der Waals surface area contributed by atoms with Gasteiger partial charge < -0.3 is 0 Å². The summed E-state index contributed by atoms with van der Waals surface area (Å²) >= 11 is 0. The Morgan fingerprint density at radius 2 is 1.33 bits per heavy atom. The van der Waals surface area contributed by atoms with Crippen molar-refractivity contribution in [2.75, 3.05) is 0 Å². The van der Waals surface area contributed by atoms with Gasteiger partial charge in [0.05, 0.1) is 0 Å². The molecule has 0 saturated heterocycles. The lowest BCUT2D eigenvalue weighted by molar-refractivity contribution is 0.302. The molecular weight excluding hydrogens is 288 g/mol. The molecule has 1 fully saturated rings. The van der Waals surface area contributed by atoms with Crippen LogP contribution < -0.4 is 0 Å². The highest BCUT2D eigenvalue weighted by molar-refractivity contribution is 5.25. The summed E-state index contributed by atoms with van der Waals surface area (Å²) < 4.78 is 0. The summed E-state index contributed by atoms with van der Waals surface area (Å²) in [7, 11) is 0. The van der Waals surface area contributed by atoms with Crippen LogP contribution in [0.25, 0.3) is 0 Å². The third-order valence-electron chi connectivity index (χ3n) is 6.08. The number of hydrogen-bond donors (Lipinski definition) is 0. The molecule has 1 aromatic carbocycles. The molecule has 0 aliphatic heterocycles. The Labute approximate surface area is 151 Å². The van der Waals surface area contributed by atoms with E-state index in [1.807, 2.05) is 0 Å². The van der Waals surface area contributed by atoms with Crippen molar-refractivity contribution in [1.82, 2.24) is 0 Å². The lowest BCUT2D eigenvalue weighted by Crippen LogP contribution is -2.13. The van der Waals surface area contributed by atoms with Gasteiger partial charge in [-0.15, -0.1) is 0 Å². The minimum absolute atomic E-state index is 0.839. The number of aryl methyl sites for hydroxylation is 1. The van der Waals surface area contributed by atoms with Gasteiger partial charge in [0, 0.05) is 0 Å². The molecule has 0 nitrogen and oxygen atoms in total. The zero-order valence-electron chi connectivity index (χ0n) is 16.4. The van der Waals surface area contributed by atoms with Crippen LogP contribution in [0.1, 0.15) is 114 Å². The molecule has 0 heteroatoms. The standard InChI is InChI=1S/C24H40/c1-3-5-7-8-10-12-22-15-19-24(20-16-22)23-17-13-21(14-18-23)11-9-6-4-2/h13-14,17-18,22,24H,3-12,15-16,19-20H2,1-2H3. The highest BCUT2D eigenvalue weighted by Gasteiger charge is 2.21. The zero-order valence-corrected chi connectivity index (χ0v) is 16.4. The number of unbranched alkanes of at least 4 members (excludes halogenated alkanes) is 6. The van der Waals surface area contributed by atoms with E-state index in [0.717, 1.165) is 11.8 Å². The van der Waals surface area contributed by atoms with E-state index >= 15 is 0 Å². The number of hydrogen-bond acceptors (Lipinski definition) is 0. The molecule has 1 aliphatic carbocycles. The van der Waals surface area contributed by atoms with Crippen molar-refractivity contribution in [3.8, 4) is 0 Å². The number of benzene rings is 1. The molecule has 0 unspecified atom stereocenters. The third-order valence-corrected chi connectivity index (χ3v) is 6.08. The van der Waals surface area contributed by atoms with Gasteiger partial charge in [-0.2, -0.15) is 0 Å². The fourth-order valence-corrected chi connectivity index (χ4v) is 4.36. The van der Waals surface area contributed by atoms with E-state index in [9.17, 15) is 0 Å². The lowest BCUT2D eigenvalue weighted by atomic mass is 9.77. The highest BCUT2D eigenvalue weighted by atomic mass is 14.3. The summed E-state index contributed by atoms with van der Waals surface area (Å²) in [6, 6.07) is 9.64. The maximum atomic E-state index is 2.43. The Bertz CT molecular complexity index is 408. The molecule has 0 atom stereocenters. The van der Waals surface area contributed by atoms with E-state index in [1.54, 1.807) is 5.56 Å². The summed E-state index contributed by atoms with van der Waals surface area (Å²) in [6.45, 7) is 4.59. The molecule has 0 aromatic heterocycles. The Kier molecular flexibility index (Phi) is 9.54. The molecule has 2 rings (SSSR count). The molecule has 0 bridgehead atoms. The molecule has 0 radical (unpaired) electrons. The maximum Gasteiger partial charge on any atom is -0.0162 e. The van der Waals surface area contributed by atoms with Gasteiger partial charge in [0.15, 0.2) is 0 Å². The van der Waals surface area contributed by atoms with E-state index in [2.05, 4.69) is 38.1 Å². The van der Waals surface area contributed by atoms with Crippen LogP contribution in [0.2, 0.25) is 0 Å². The molecule has 0 N–H and O–H groups in total. The van der Waals surface area contributed by atoms with Gasteiger partial charge in [0.25, 0.3) is 0 Å². The van der Waals surface area contributed by atoms with Gasteiger partial charge in [-0.05, 0) is 61.5 Å². The van der Waals surface area contributed by atoms with Crippen molar-refractivity contribution in [2.24, 2.45) is 5.92 Å². The normalized spacial score (nSPS) is 21.1. The van der Waals surface area contributed by atoms with Gasteiger partial charge in [-0.25, -0.2) is 0 Å². The fraction of sp³-hybridized carbons (Fsp3) is 0.750. The average Bonchev–Trinajstić information content (AvgIpc) is 2.63. The van der Waals surface area contributed by atoms with Crippen LogP contribution >= 0.6 is 0 Å². The second kappa shape index (κ2) is 11.7. The Balaban J connectivity index is 1.66. The summed E-state index contributed by atoms with van der Waals surface area (Å²) in [5, 5.41) is 0. The first-order chi connectivity index (χ1) is 11.8. The number of rotatable bonds is 11. The molecular formula is C24H40. The fourth-order valence-electron chi connectivity index (χ4n) is 4.36. The smallest absolute Gasteiger partial charge is 0.0162 e. The predicted molar refractivity (Wildman–Crippen MR) is 108 cm³/mol. The minimum Gasteiger partial charge on any atom is -0.0654 e. The topological polar surface area (TPSA) is 0 Å². The van der Waals surface area contributed by atoms with Gasteiger partial charge in [0.1, 0.15) is 0 Å². The maximum absolute atomic E-state index is 2.43. The minimum atomic E-state index is 0.839. The van der Waals surface area contributed by atoms with Crippen LogP contribution in [-0.2, 0) is 6.42 Å². The second-order valence-electron chi connectivity index (χ2n) is 8.12. The monoisotopic (exact) mass is 328 g/mol. The lowest BCUT2D eigenvalue weighted by Gasteiger charge is -2.29. The molecule has 1 aromatic rings. The van der Waals surface area contributed by atoms with Crippen molar-refractivity contribution in [2.45, 2.75) is 110 Å². The van der Waals surface area contributed by atoms with Crippen molar-refractivity contribution in [3.63, 3.8) is 0 Å². The average molecular weight is 329 g/mol. The van der Waals surface area contributed by atoms with Crippen LogP contribution in [0.15, 0.2) is 24.3 Å². The Hall–Kier alpha value is -0.780. The van der Waals surface area contributed by atoms with Gasteiger partial charge in [-0.3, -0.25) is 0 Å². The van der Waals surface area contributed by atoms with Crippen LogP contribution in [0.5, 0.6) is 0 Å². The second-order valence-corrected chi connectivity index (χ2v) is 8.12. The van der Waals surface area contributed by atoms with Crippen molar-refractivity contribution in [1.29, 1.82) is 0 Å². The van der Waals surface area contributed by atoms with Crippen LogP contribution in [-0.4, -0.2) is 0 Å². The molecule has 24 heavy (non-hydrogen) atoms.